The quantitative estimate of drug-likeness (QED) is 0.501. The molecular weight excluding hydrogens is 422 g/mol. The first kappa shape index (κ1) is 20.8. The van der Waals surface area contributed by atoms with Crippen molar-refractivity contribution in [3.05, 3.63) is 70.9 Å². The van der Waals surface area contributed by atoms with Crippen LogP contribution in [0.3, 0.4) is 0 Å². The summed E-state index contributed by atoms with van der Waals surface area (Å²) in [6, 6.07) is 14.2. The number of benzene rings is 1. The maximum Gasteiger partial charge on any atom is 0.263 e. The standard InChI is InChI=1S/C24H25N5O2S/c1-28(2)24(30)22-20(18-9-6-10-25-23(18)32-22)19-15-29(11-12-31-19)14-17-13-26-27-21(17)16-7-4-3-5-8-16/h3-10,13,19H,11-12,14-15H2,1-2H3,(H,26,27)/t19-/m1/s1. The lowest BCUT2D eigenvalue weighted by Crippen LogP contribution is -2.38. The third kappa shape index (κ3) is 3.92. The van der Waals surface area contributed by atoms with Crippen molar-refractivity contribution in [1.82, 2.24) is 25.0 Å². The predicted molar refractivity (Wildman–Crippen MR) is 126 cm³/mol. The summed E-state index contributed by atoms with van der Waals surface area (Å²) >= 11 is 1.44. The number of nitrogens with one attached hydrogen (secondary N) is 1. The molecule has 4 heterocycles. The number of thiophene rings is 1. The summed E-state index contributed by atoms with van der Waals surface area (Å²) in [6.45, 7) is 2.90. The maximum atomic E-state index is 12.9. The van der Waals surface area contributed by atoms with Crippen molar-refractivity contribution in [1.29, 1.82) is 0 Å². The molecule has 164 valence electrons. The number of rotatable bonds is 5. The van der Waals surface area contributed by atoms with E-state index in [1.807, 2.05) is 36.5 Å². The molecule has 0 aliphatic carbocycles. The van der Waals surface area contributed by atoms with Crippen LogP contribution in [-0.4, -0.2) is 64.7 Å². The molecule has 0 radical (unpaired) electrons. The number of H-pyrrole nitrogens is 1. The Bertz CT molecular complexity index is 1230. The molecule has 1 N–H and O–H groups in total. The molecule has 1 aromatic carbocycles. The first-order chi connectivity index (χ1) is 15.6. The number of amides is 1. The van der Waals surface area contributed by atoms with Crippen LogP contribution >= 0.6 is 11.3 Å². The van der Waals surface area contributed by atoms with Crippen LogP contribution in [0, 0.1) is 0 Å². The van der Waals surface area contributed by atoms with Crippen LogP contribution in [0.15, 0.2) is 54.9 Å². The van der Waals surface area contributed by atoms with Crippen molar-refractivity contribution < 1.29 is 9.53 Å². The average Bonchev–Trinajstić information content (AvgIpc) is 3.44. The minimum absolute atomic E-state index is 0.00933. The molecule has 0 saturated carbocycles. The Kier molecular flexibility index (Phi) is 5.73. The Morgan fingerprint density at radius 2 is 2.09 bits per heavy atom. The molecule has 8 heteroatoms. The van der Waals surface area contributed by atoms with Gasteiger partial charge in [-0.2, -0.15) is 5.10 Å². The zero-order chi connectivity index (χ0) is 22.1. The molecule has 0 bridgehead atoms. The second-order valence-electron chi connectivity index (χ2n) is 8.13. The number of carbonyl (C=O) groups excluding carboxylic acids is 1. The number of morpholine rings is 1. The van der Waals surface area contributed by atoms with Crippen LogP contribution in [0.4, 0.5) is 0 Å². The maximum absolute atomic E-state index is 12.9. The highest BCUT2D eigenvalue weighted by Gasteiger charge is 2.31. The van der Waals surface area contributed by atoms with Crippen LogP contribution in [0.5, 0.6) is 0 Å². The monoisotopic (exact) mass is 447 g/mol. The SMILES string of the molecule is CN(C)C(=O)c1sc2ncccc2c1[C@H]1CN(Cc2cn[nH]c2-c2ccccc2)CCO1. The van der Waals surface area contributed by atoms with Crippen molar-refractivity contribution in [2.24, 2.45) is 0 Å². The highest BCUT2D eigenvalue weighted by atomic mass is 32.1. The average molecular weight is 448 g/mol. The van der Waals surface area contributed by atoms with E-state index in [1.54, 1.807) is 25.2 Å². The van der Waals surface area contributed by atoms with Gasteiger partial charge in [-0.3, -0.25) is 14.8 Å². The third-order valence-electron chi connectivity index (χ3n) is 5.75. The molecule has 1 atom stereocenters. The third-order valence-corrected chi connectivity index (χ3v) is 6.87. The molecule has 5 rings (SSSR count). The van der Waals surface area contributed by atoms with E-state index in [9.17, 15) is 4.79 Å². The molecule has 1 fully saturated rings. The molecule has 4 aromatic rings. The largest absolute Gasteiger partial charge is 0.371 e. The zero-order valence-electron chi connectivity index (χ0n) is 18.1. The highest BCUT2D eigenvalue weighted by Crippen LogP contribution is 2.38. The molecule has 0 unspecified atom stereocenters. The molecule has 7 nitrogen and oxygen atoms in total. The van der Waals surface area contributed by atoms with Gasteiger partial charge in [0.1, 0.15) is 9.71 Å². The Hall–Kier alpha value is -3.07. The van der Waals surface area contributed by atoms with Gasteiger partial charge in [0.25, 0.3) is 5.91 Å². The van der Waals surface area contributed by atoms with Crippen molar-refractivity contribution in [2.75, 3.05) is 33.8 Å². The minimum Gasteiger partial charge on any atom is -0.371 e. The Morgan fingerprint density at radius 3 is 2.91 bits per heavy atom. The fourth-order valence-corrected chi connectivity index (χ4v) is 5.40. The number of fused-ring (bicyclic) bond motifs is 1. The van der Waals surface area contributed by atoms with Gasteiger partial charge in [0.2, 0.25) is 0 Å². The Labute approximate surface area is 190 Å². The summed E-state index contributed by atoms with van der Waals surface area (Å²) in [4.78, 5) is 23.0. The van der Waals surface area contributed by atoms with E-state index in [0.717, 1.165) is 45.7 Å². The van der Waals surface area contributed by atoms with E-state index in [1.165, 1.54) is 11.3 Å². The molecule has 1 amide bonds. The van der Waals surface area contributed by atoms with Gasteiger partial charge in [-0.05, 0) is 11.6 Å². The Balaban J connectivity index is 1.43. The van der Waals surface area contributed by atoms with Crippen molar-refractivity contribution in [3.8, 4) is 11.3 Å². The van der Waals surface area contributed by atoms with Crippen LogP contribution in [-0.2, 0) is 11.3 Å². The first-order valence-corrected chi connectivity index (χ1v) is 11.4. The summed E-state index contributed by atoms with van der Waals surface area (Å²) in [5.41, 5.74) is 4.27. The van der Waals surface area contributed by atoms with E-state index < -0.39 is 0 Å². The van der Waals surface area contributed by atoms with Gasteiger partial charge in [0.15, 0.2) is 0 Å². The summed E-state index contributed by atoms with van der Waals surface area (Å²) in [6.07, 6.45) is 3.48. The van der Waals surface area contributed by atoms with Crippen LogP contribution in [0.25, 0.3) is 21.5 Å². The van der Waals surface area contributed by atoms with Gasteiger partial charge < -0.3 is 9.64 Å². The summed E-state index contributed by atoms with van der Waals surface area (Å²) in [7, 11) is 3.56. The number of aromatic nitrogens is 3. The van der Waals surface area contributed by atoms with E-state index in [-0.39, 0.29) is 12.0 Å². The lowest BCUT2D eigenvalue weighted by Gasteiger charge is -2.33. The topological polar surface area (TPSA) is 74.4 Å². The lowest BCUT2D eigenvalue weighted by atomic mass is 10.0. The molecule has 3 aromatic heterocycles. The van der Waals surface area contributed by atoms with Gasteiger partial charge in [0.05, 0.1) is 24.6 Å². The van der Waals surface area contributed by atoms with Gasteiger partial charge in [-0.15, -0.1) is 11.3 Å². The van der Waals surface area contributed by atoms with E-state index in [4.69, 9.17) is 4.74 Å². The minimum atomic E-state index is -0.187. The number of carbonyl (C=O) groups is 1. The first-order valence-electron chi connectivity index (χ1n) is 10.6. The fourth-order valence-electron chi connectivity index (χ4n) is 4.18. The Morgan fingerprint density at radius 1 is 1.25 bits per heavy atom. The molecule has 0 spiro atoms. The normalized spacial score (nSPS) is 17.0. The summed E-state index contributed by atoms with van der Waals surface area (Å²) in [5, 5.41) is 8.44. The van der Waals surface area contributed by atoms with E-state index >= 15 is 0 Å². The number of hydrogen-bond acceptors (Lipinski definition) is 6. The second kappa shape index (κ2) is 8.82. The summed E-state index contributed by atoms with van der Waals surface area (Å²) in [5.74, 6) is -0.00933. The predicted octanol–water partition coefficient (Wildman–Crippen LogP) is 3.96. The second-order valence-corrected chi connectivity index (χ2v) is 9.13. The molecule has 1 aliphatic heterocycles. The number of ether oxygens (including phenoxy) is 1. The highest BCUT2D eigenvalue weighted by molar-refractivity contribution is 7.20. The van der Waals surface area contributed by atoms with Crippen LogP contribution < -0.4 is 0 Å². The molecular formula is C24H25N5O2S. The van der Waals surface area contributed by atoms with Gasteiger partial charge in [-0.1, -0.05) is 36.4 Å². The van der Waals surface area contributed by atoms with Gasteiger partial charge >= 0.3 is 0 Å². The number of hydrogen-bond donors (Lipinski definition) is 1. The van der Waals surface area contributed by atoms with Crippen molar-refractivity contribution in [3.63, 3.8) is 0 Å². The summed E-state index contributed by atoms with van der Waals surface area (Å²) < 4.78 is 6.21. The fraction of sp³-hybridized carbons (Fsp3) is 0.292. The van der Waals surface area contributed by atoms with Crippen LogP contribution in [0.2, 0.25) is 0 Å². The smallest absolute Gasteiger partial charge is 0.263 e. The van der Waals surface area contributed by atoms with Crippen molar-refractivity contribution >= 4 is 27.5 Å². The van der Waals surface area contributed by atoms with E-state index in [0.29, 0.717) is 18.0 Å². The number of aromatic amines is 1. The van der Waals surface area contributed by atoms with Gasteiger partial charge in [0, 0.05) is 56.4 Å². The van der Waals surface area contributed by atoms with Crippen molar-refractivity contribution in [2.45, 2.75) is 12.6 Å². The number of nitrogens with zero attached hydrogens (tertiary/aromatic N) is 4. The zero-order valence-corrected chi connectivity index (χ0v) is 18.9. The molecule has 1 aliphatic rings. The molecule has 1 saturated heterocycles. The lowest BCUT2D eigenvalue weighted by molar-refractivity contribution is -0.0323. The molecule has 32 heavy (non-hydrogen) atoms. The van der Waals surface area contributed by atoms with Gasteiger partial charge in [-0.25, -0.2) is 4.98 Å². The van der Waals surface area contributed by atoms with E-state index in [2.05, 4.69) is 32.2 Å². The van der Waals surface area contributed by atoms with Crippen LogP contribution in [0.1, 0.15) is 26.9 Å². The number of pyridine rings is 1.